The van der Waals surface area contributed by atoms with Gasteiger partial charge in [0.15, 0.2) is 0 Å². The van der Waals surface area contributed by atoms with Gasteiger partial charge in [-0.2, -0.15) is 0 Å². The first-order valence-electron chi connectivity index (χ1n) is 3.64. The SMILES string of the molecule is N[C@H]1C(O)=Cc2ccc(Br)cc21. The lowest BCUT2D eigenvalue weighted by atomic mass is 10.1. The molecule has 0 bridgehead atoms. The Balaban J connectivity index is 2.57. The number of halogens is 1. The van der Waals surface area contributed by atoms with Crippen LogP contribution in [-0.2, 0) is 0 Å². The Labute approximate surface area is 78.8 Å². The molecule has 2 rings (SSSR count). The highest BCUT2D eigenvalue weighted by molar-refractivity contribution is 9.10. The molecule has 0 fully saturated rings. The van der Waals surface area contributed by atoms with Crippen molar-refractivity contribution in [1.82, 2.24) is 0 Å². The van der Waals surface area contributed by atoms with Crippen LogP contribution < -0.4 is 5.73 Å². The van der Waals surface area contributed by atoms with Gasteiger partial charge in [-0.15, -0.1) is 0 Å². The highest BCUT2D eigenvalue weighted by atomic mass is 79.9. The van der Waals surface area contributed by atoms with Gasteiger partial charge in [-0.1, -0.05) is 22.0 Å². The van der Waals surface area contributed by atoms with E-state index in [9.17, 15) is 5.11 Å². The topological polar surface area (TPSA) is 46.2 Å². The van der Waals surface area contributed by atoms with Crippen LogP contribution in [-0.4, -0.2) is 5.11 Å². The van der Waals surface area contributed by atoms with Crippen LogP contribution in [0.2, 0.25) is 0 Å². The van der Waals surface area contributed by atoms with Crippen LogP contribution in [0, 0.1) is 0 Å². The molecule has 0 aromatic heterocycles. The molecule has 3 heteroatoms. The van der Waals surface area contributed by atoms with Gasteiger partial charge in [0, 0.05) is 4.47 Å². The zero-order chi connectivity index (χ0) is 8.72. The van der Waals surface area contributed by atoms with E-state index in [2.05, 4.69) is 15.9 Å². The normalized spacial score (nSPS) is 20.5. The number of nitrogens with two attached hydrogens (primary N) is 1. The van der Waals surface area contributed by atoms with Crippen LogP contribution in [0.1, 0.15) is 17.2 Å². The number of hydrogen-bond donors (Lipinski definition) is 2. The zero-order valence-electron chi connectivity index (χ0n) is 6.29. The quantitative estimate of drug-likeness (QED) is 0.713. The summed E-state index contributed by atoms with van der Waals surface area (Å²) in [5.41, 5.74) is 7.70. The van der Waals surface area contributed by atoms with Crippen LogP contribution in [0.25, 0.3) is 6.08 Å². The third-order valence-corrected chi connectivity index (χ3v) is 2.50. The summed E-state index contributed by atoms with van der Waals surface area (Å²) in [6, 6.07) is 5.44. The van der Waals surface area contributed by atoms with E-state index in [-0.39, 0.29) is 11.8 Å². The van der Waals surface area contributed by atoms with Gasteiger partial charge in [-0.3, -0.25) is 0 Å². The van der Waals surface area contributed by atoms with Crippen molar-refractivity contribution in [3.8, 4) is 0 Å². The van der Waals surface area contributed by atoms with Crippen molar-refractivity contribution >= 4 is 22.0 Å². The molecule has 1 atom stereocenters. The highest BCUT2D eigenvalue weighted by Gasteiger charge is 2.20. The van der Waals surface area contributed by atoms with E-state index in [1.54, 1.807) is 6.08 Å². The Bertz CT molecular complexity index is 360. The molecule has 0 unspecified atom stereocenters. The fourth-order valence-electron chi connectivity index (χ4n) is 1.35. The third-order valence-electron chi connectivity index (χ3n) is 2.01. The predicted molar refractivity (Wildman–Crippen MR) is 51.7 cm³/mol. The van der Waals surface area contributed by atoms with Crippen molar-refractivity contribution in [2.24, 2.45) is 5.73 Å². The number of rotatable bonds is 0. The minimum Gasteiger partial charge on any atom is -0.510 e. The Morgan fingerprint density at radius 1 is 1.42 bits per heavy atom. The fourth-order valence-corrected chi connectivity index (χ4v) is 1.73. The van der Waals surface area contributed by atoms with E-state index in [1.807, 2.05) is 18.2 Å². The third kappa shape index (κ3) is 1.06. The second-order valence-electron chi connectivity index (χ2n) is 2.82. The smallest absolute Gasteiger partial charge is 0.114 e. The van der Waals surface area contributed by atoms with Gasteiger partial charge in [0.2, 0.25) is 0 Å². The number of aliphatic hydroxyl groups excluding tert-OH is 1. The van der Waals surface area contributed by atoms with Crippen molar-refractivity contribution in [2.45, 2.75) is 6.04 Å². The lowest BCUT2D eigenvalue weighted by Gasteiger charge is -2.05. The fraction of sp³-hybridized carbons (Fsp3) is 0.111. The summed E-state index contributed by atoms with van der Waals surface area (Å²) < 4.78 is 0.986. The lowest BCUT2D eigenvalue weighted by molar-refractivity contribution is 0.380. The van der Waals surface area contributed by atoms with E-state index in [4.69, 9.17) is 5.73 Å². The minimum atomic E-state index is -0.350. The van der Waals surface area contributed by atoms with Crippen LogP contribution >= 0.6 is 15.9 Å². The van der Waals surface area contributed by atoms with Crippen molar-refractivity contribution in [3.63, 3.8) is 0 Å². The standard InChI is InChI=1S/C9H8BrNO/c10-6-2-1-5-3-8(12)9(11)7(5)4-6/h1-4,9,12H,11H2/t9-/m1/s1. The van der Waals surface area contributed by atoms with Crippen molar-refractivity contribution in [3.05, 3.63) is 39.6 Å². The molecule has 1 aliphatic carbocycles. The molecule has 12 heavy (non-hydrogen) atoms. The molecule has 0 heterocycles. The molecule has 0 aliphatic heterocycles. The lowest BCUT2D eigenvalue weighted by Crippen LogP contribution is -2.09. The molecule has 0 amide bonds. The Kier molecular flexibility index (Phi) is 1.70. The molecule has 0 saturated carbocycles. The zero-order valence-corrected chi connectivity index (χ0v) is 7.88. The second kappa shape index (κ2) is 2.61. The van der Waals surface area contributed by atoms with Gasteiger partial charge in [0.05, 0.1) is 6.04 Å². The van der Waals surface area contributed by atoms with Gasteiger partial charge in [-0.05, 0) is 29.3 Å². The average molecular weight is 226 g/mol. The van der Waals surface area contributed by atoms with Crippen LogP contribution in [0.5, 0.6) is 0 Å². The first-order chi connectivity index (χ1) is 5.68. The first kappa shape index (κ1) is 7.83. The summed E-state index contributed by atoms with van der Waals surface area (Å²) in [4.78, 5) is 0. The number of hydrogen-bond acceptors (Lipinski definition) is 2. The van der Waals surface area contributed by atoms with E-state index in [1.165, 1.54) is 0 Å². The van der Waals surface area contributed by atoms with Gasteiger partial charge in [-0.25, -0.2) is 0 Å². The molecule has 0 saturated heterocycles. The van der Waals surface area contributed by atoms with Crippen molar-refractivity contribution < 1.29 is 5.11 Å². The molecule has 0 spiro atoms. The molecule has 3 N–H and O–H groups in total. The number of fused-ring (bicyclic) bond motifs is 1. The molecule has 0 radical (unpaired) electrons. The summed E-state index contributed by atoms with van der Waals surface area (Å²) >= 11 is 3.35. The predicted octanol–water partition coefficient (Wildman–Crippen LogP) is 2.36. The summed E-state index contributed by atoms with van der Waals surface area (Å²) in [6.07, 6.45) is 1.70. The van der Waals surface area contributed by atoms with Crippen molar-refractivity contribution in [1.29, 1.82) is 0 Å². The maximum absolute atomic E-state index is 9.33. The van der Waals surface area contributed by atoms with Gasteiger partial charge >= 0.3 is 0 Å². The minimum absolute atomic E-state index is 0.239. The Hall–Kier alpha value is -0.800. The molecular weight excluding hydrogens is 218 g/mol. The van der Waals surface area contributed by atoms with Gasteiger partial charge < -0.3 is 10.8 Å². The summed E-state index contributed by atoms with van der Waals surface area (Å²) in [6.45, 7) is 0. The summed E-state index contributed by atoms with van der Waals surface area (Å²) in [7, 11) is 0. The van der Waals surface area contributed by atoms with Crippen LogP contribution in [0.3, 0.4) is 0 Å². The van der Waals surface area contributed by atoms with E-state index in [0.717, 1.165) is 15.6 Å². The number of aliphatic hydroxyl groups is 1. The first-order valence-corrected chi connectivity index (χ1v) is 4.43. The molecule has 2 nitrogen and oxygen atoms in total. The van der Waals surface area contributed by atoms with E-state index < -0.39 is 0 Å². The largest absolute Gasteiger partial charge is 0.510 e. The molecule has 1 aromatic carbocycles. The van der Waals surface area contributed by atoms with Crippen molar-refractivity contribution in [2.75, 3.05) is 0 Å². The summed E-state index contributed by atoms with van der Waals surface area (Å²) in [5, 5.41) is 9.33. The van der Waals surface area contributed by atoms with Gasteiger partial charge in [0.25, 0.3) is 0 Å². The van der Waals surface area contributed by atoms with Gasteiger partial charge in [0.1, 0.15) is 5.76 Å². The van der Waals surface area contributed by atoms with E-state index >= 15 is 0 Å². The molecule has 1 aliphatic rings. The monoisotopic (exact) mass is 225 g/mol. The molecular formula is C9H8BrNO. The average Bonchev–Trinajstić information content (AvgIpc) is 2.31. The Morgan fingerprint density at radius 3 is 2.92 bits per heavy atom. The molecule has 62 valence electrons. The summed E-state index contributed by atoms with van der Waals surface area (Å²) in [5.74, 6) is 0.239. The van der Waals surface area contributed by atoms with Crippen LogP contribution in [0.4, 0.5) is 0 Å². The maximum atomic E-state index is 9.33. The second-order valence-corrected chi connectivity index (χ2v) is 3.74. The number of benzene rings is 1. The van der Waals surface area contributed by atoms with Crippen LogP contribution in [0.15, 0.2) is 28.4 Å². The Morgan fingerprint density at radius 2 is 2.17 bits per heavy atom. The van der Waals surface area contributed by atoms with E-state index in [0.29, 0.717) is 0 Å². The highest BCUT2D eigenvalue weighted by Crippen LogP contribution is 2.32. The molecule has 1 aromatic rings. The maximum Gasteiger partial charge on any atom is 0.114 e.